The van der Waals surface area contributed by atoms with Gasteiger partial charge < -0.3 is 9.64 Å². The summed E-state index contributed by atoms with van der Waals surface area (Å²) in [5.41, 5.74) is 0.486. The Labute approximate surface area is 142 Å². The molecule has 0 bridgehead atoms. The van der Waals surface area contributed by atoms with E-state index in [9.17, 15) is 18.8 Å². The Balaban J connectivity index is 1.71. The Kier molecular flexibility index (Phi) is 4.96. The van der Waals surface area contributed by atoms with Crippen LogP contribution in [-0.4, -0.2) is 59.7 Å². The highest BCUT2D eigenvalue weighted by Gasteiger charge is 2.37. The number of imide groups is 1. The molecule has 6 nitrogen and oxygen atoms in total. The average Bonchev–Trinajstić information content (AvgIpc) is 2.83. The van der Waals surface area contributed by atoms with Gasteiger partial charge in [-0.2, -0.15) is 0 Å². The van der Waals surface area contributed by atoms with Gasteiger partial charge >= 0.3 is 0 Å². The van der Waals surface area contributed by atoms with Crippen molar-refractivity contribution in [2.24, 2.45) is 0 Å². The molecule has 8 heteroatoms. The number of thioether (sulfide) groups is 1. The van der Waals surface area contributed by atoms with Crippen molar-refractivity contribution in [3.63, 3.8) is 0 Å². The summed E-state index contributed by atoms with van der Waals surface area (Å²) < 4.78 is 18.4. The number of nitrogens with zero attached hydrogens (tertiary/aromatic N) is 2. The molecule has 0 aromatic heterocycles. The number of hydrogen-bond donors (Lipinski definition) is 0. The molecule has 0 N–H and O–H groups in total. The van der Waals surface area contributed by atoms with Crippen molar-refractivity contribution in [3.05, 3.63) is 40.6 Å². The van der Waals surface area contributed by atoms with E-state index in [1.165, 1.54) is 24.3 Å². The molecule has 2 aliphatic heterocycles. The summed E-state index contributed by atoms with van der Waals surface area (Å²) >= 11 is 0.752. The second-order valence-electron chi connectivity index (χ2n) is 5.32. The fraction of sp³-hybridized carbons (Fsp3) is 0.312. The molecule has 2 aliphatic rings. The molecule has 0 saturated carbocycles. The predicted molar refractivity (Wildman–Crippen MR) is 86.5 cm³/mol. The molecule has 3 amide bonds. The molecule has 1 aromatic carbocycles. The van der Waals surface area contributed by atoms with Crippen LogP contribution >= 0.6 is 11.8 Å². The quantitative estimate of drug-likeness (QED) is 0.777. The lowest BCUT2D eigenvalue weighted by atomic mass is 10.2. The van der Waals surface area contributed by atoms with Crippen LogP contribution in [-0.2, 0) is 14.3 Å². The summed E-state index contributed by atoms with van der Waals surface area (Å²) in [5, 5.41) is -0.496. The van der Waals surface area contributed by atoms with Gasteiger partial charge in [0, 0.05) is 13.1 Å². The molecule has 2 heterocycles. The number of halogens is 1. The minimum atomic E-state index is -0.532. The fourth-order valence-corrected chi connectivity index (χ4v) is 3.27. The fourth-order valence-electron chi connectivity index (χ4n) is 2.43. The Bertz CT molecular complexity index is 716. The first-order chi connectivity index (χ1) is 11.5. The molecular weight excluding hydrogens is 335 g/mol. The highest BCUT2D eigenvalue weighted by Crippen LogP contribution is 2.32. The third kappa shape index (κ3) is 3.65. The summed E-state index contributed by atoms with van der Waals surface area (Å²) in [6, 6.07) is 5.72. The van der Waals surface area contributed by atoms with E-state index in [1.54, 1.807) is 11.0 Å². The topological polar surface area (TPSA) is 66.9 Å². The van der Waals surface area contributed by atoms with Crippen LogP contribution < -0.4 is 0 Å². The van der Waals surface area contributed by atoms with E-state index in [1.807, 2.05) is 0 Å². The average molecular weight is 350 g/mol. The molecule has 24 heavy (non-hydrogen) atoms. The normalized spacial score (nSPS) is 20.1. The molecule has 2 fully saturated rings. The SMILES string of the molecule is O=C(CN1C(=O)S/C(=C\c2cccc(F)c2)C1=O)N1CCOCC1. The zero-order chi connectivity index (χ0) is 17.1. The second-order valence-corrected chi connectivity index (χ2v) is 6.31. The third-order valence-corrected chi connectivity index (χ3v) is 4.58. The molecule has 0 unspecified atom stereocenters. The molecule has 2 saturated heterocycles. The zero-order valence-corrected chi connectivity index (χ0v) is 13.6. The van der Waals surface area contributed by atoms with Crippen molar-refractivity contribution in [1.82, 2.24) is 9.80 Å². The highest BCUT2D eigenvalue weighted by atomic mass is 32.2. The van der Waals surface area contributed by atoms with Crippen LogP contribution in [0.3, 0.4) is 0 Å². The number of rotatable bonds is 3. The van der Waals surface area contributed by atoms with Crippen LogP contribution in [0.15, 0.2) is 29.2 Å². The van der Waals surface area contributed by atoms with Crippen LogP contribution in [0.5, 0.6) is 0 Å². The van der Waals surface area contributed by atoms with Crippen molar-refractivity contribution in [2.45, 2.75) is 0 Å². The maximum atomic E-state index is 13.2. The smallest absolute Gasteiger partial charge is 0.294 e. The van der Waals surface area contributed by atoms with Gasteiger partial charge in [-0.1, -0.05) is 12.1 Å². The van der Waals surface area contributed by atoms with E-state index < -0.39 is 17.0 Å². The molecule has 0 atom stereocenters. The monoisotopic (exact) mass is 350 g/mol. The number of ether oxygens (including phenoxy) is 1. The van der Waals surface area contributed by atoms with Gasteiger partial charge in [0.2, 0.25) is 5.91 Å². The summed E-state index contributed by atoms with van der Waals surface area (Å²) in [6.45, 7) is 1.52. The van der Waals surface area contributed by atoms with Gasteiger partial charge in [-0.15, -0.1) is 0 Å². The Morgan fingerprint density at radius 3 is 2.75 bits per heavy atom. The maximum absolute atomic E-state index is 13.2. The minimum Gasteiger partial charge on any atom is -0.378 e. The molecular formula is C16H15FN2O4S. The number of benzene rings is 1. The van der Waals surface area contributed by atoms with Gasteiger partial charge in [0.05, 0.1) is 18.1 Å². The lowest BCUT2D eigenvalue weighted by Crippen LogP contribution is -2.46. The van der Waals surface area contributed by atoms with E-state index >= 15 is 0 Å². The summed E-state index contributed by atoms with van der Waals surface area (Å²) in [7, 11) is 0. The molecule has 1 aromatic rings. The molecule has 0 spiro atoms. The number of morpholine rings is 1. The third-order valence-electron chi connectivity index (χ3n) is 3.68. The molecule has 0 aliphatic carbocycles. The number of amides is 3. The van der Waals surface area contributed by atoms with Gasteiger partial charge in [-0.25, -0.2) is 4.39 Å². The zero-order valence-electron chi connectivity index (χ0n) is 12.7. The lowest BCUT2D eigenvalue weighted by Gasteiger charge is -2.28. The standard InChI is InChI=1S/C16H15FN2O4S/c17-12-3-1-2-11(8-12)9-13-15(21)19(16(22)24-13)10-14(20)18-4-6-23-7-5-18/h1-3,8-9H,4-7,10H2/b13-9-. The predicted octanol–water partition coefficient (Wildman–Crippen LogP) is 1.72. The maximum Gasteiger partial charge on any atom is 0.294 e. The van der Waals surface area contributed by atoms with Gasteiger partial charge in [0.15, 0.2) is 0 Å². The van der Waals surface area contributed by atoms with E-state index in [0.717, 1.165) is 16.7 Å². The lowest BCUT2D eigenvalue weighted by molar-refractivity contribution is -0.139. The Morgan fingerprint density at radius 1 is 1.29 bits per heavy atom. The van der Waals surface area contributed by atoms with Crippen molar-refractivity contribution in [2.75, 3.05) is 32.8 Å². The summed E-state index contributed by atoms with van der Waals surface area (Å²) in [4.78, 5) is 39.3. The number of carbonyl (C=O) groups is 3. The second kappa shape index (κ2) is 7.14. The van der Waals surface area contributed by atoms with Gasteiger partial charge in [-0.3, -0.25) is 19.3 Å². The molecule has 0 radical (unpaired) electrons. The summed E-state index contributed by atoms with van der Waals surface area (Å²) in [5.74, 6) is -1.24. The van der Waals surface area contributed by atoms with E-state index in [0.29, 0.717) is 31.9 Å². The molecule has 3 rings (SSSR count). The van der Waals surface area contributed by atoms with Crippen molar-refractivity contribution in [3.8, 4) is 0 Å². The van der Waals surface area contributed by atoms with E-state index in [2.05, 4.69) is 0 Å². The Hall–Kier alpha value is -2.19. The van der Waals surface area contributed by atoms with Crippen LogP contribution in [0.25, 0.3) is 6.08 Å². The van der Waals surface area contributed by atoms with Crippen LogP contribution in [0.2, 0.25) is 0 Å². The highest BCUT2D eigenvalue weighted by molar-refractivity contribution is 8.18. The van der Waals surface area contributed by atoms with Crippen LogP contribution in [0.1, 0.15) is 5.56 Å². The number of carbonyl (C=O) groups excluding carboxylic acids is 3. The Morgan fingerprint density at radius 2 is 2.04 bits per heavy atom. The van der Waals surface area contributed by atoms with Gasteiger partial charge in [0.1, 0.15) is 12.4 Å². The van der Waals surface area contributed by atoms with E-state index in [4.69, 9.17) is 4.74 Å². The largest absolute Gasteiger partial charge is 0.378 e. The first-order valence-corrected chi connectivity index (χ1v) is 8.23. The van der Waals surface area contributed by atoms with Crippen molar-refractivity contribution < 1.29 is 23.5 Å². The van der Waals surface area contributed by atoms with Gasteiger partial charge in [-0.05, 0) is 35.5 Å². The first-order valence-electron chi connectivity index (χ1n) is 7.41. The van der Waals surface area contributed by atoms with Crippen molar-refractivity contribution in [1.29, 1.82) is 0 Å². The minimum absolute atomic E-state index is 0.181. The van der Waals surface area contributed by atoms with Crippen LogP contribution in [0.4, 0.5) is 9.18 Å². The first kappa shape index (κ1) is 16.7. The van der Waals surface area contributed by atoms with Crippen molar-refractivity contribution >= 4 is 34.9 Å². The van der Waals surface area contributed by atoms with E-state index in [-0.39, 0.29) is 17.4 Å². The van der Waals surface area contributed by atoms with Gasteiger partial charge in [0.25, 0.3) is 11.1 Å². The summed E-state index contributed by atoms with van der Waals surface area (Å²) in [6.07, 6.45) is 1.45. The molecule has 126 valence electrons. The van der Waals surface area contributed by atoms with Crippen LogP contribution in [0, 0.1) is 5.82 Å². The number of hydrogen-bond acceptors (Lipinski definition) is 5.